The molecule has 0 radical (unpaired) electrons. The van der Waals surface area contributed by atoms with Gasteiger partial charge in [0.1, 0.15) is 5.82 Å². The summed E-state index contributed by atoms with van der Waals surface area (Å²) < 4.78 is 38.2. The minimum Gasteiger partial charge on any atom is -0.367 e. The molecule has 1 saturated carbocycles. The summed E-state index contributed by atoms with van der Waals surface area (Å²) >= 11 is 0. The number of halogens is 3. The Bertz CT molecular complexity index is 427. The van der Waals surface area contributed by atoms with E-state index in [1.165, 1.54) is 13.5 Å². The molecule has 1 aliphatic rings. The molecule has 0 unspecified atom stereocenters. The number of anilines is 2. The molecule has 0 aliphatic heterocycles. The minimum absolute atomic E-state index is 0.0202. The minimum atomic E-state index is -4.46. The first-order valence-corrected chi connectivity index (χ1v) is 6.39. The van der Waals surface area contributed by atoms with Gasteiger partial charge in [-0.3, -0.25) is 0 Å². The number of rotatable bonds is 3. The third kappa shape index (κ3) is 3.71. The summed E-state index contributed by atoms with van der Waals surface area (Å²) in [7, 11) is 1.50. The molecule has 0 saturated heterocycles. The van der Waals surface area contributed by atoms with E-state index in [-0.39, 0.29) is 17.8 Å². The molecule has 2 rings (SSSR count). The molecule has 1 heterocycles. The summed E-state index contributed by atoms with van der Waals surface area (Å²) in [5.74, 6) is 0.215. The average Bonchev–Trinajstić information content (AvgIpc) is 2.38. The van der Waals surface area contributed by atoms with Crippen LogP contribution in [0.1, 0.15) is 37.8 Å². The first kappa shape index (κ1) is 13.9. The van der Waals surface area contributed by atoms with E-state index in [0.717, 1.165) is 31.7 Å². The normalized spacial score (nSPS) is 17.3. The predicted molar refractivity (Wildman–Crippen MR) is 67.1 cm³/mol. The molecule has 4 nitrogen and oxygen atoms in total. The number of hydrogen-bond donors (Lipinski definition) is 2. The van der Waals surface area contributed by atoms with Crippen LogP contribution in [-0.4, -0.2) is 23.1 Å². The summed E-state index contributed by atoms with van der Waals surface area (Å²) in [6, 6.07) is 1.17. The van der Waals surface area contributed by atoms with Crippen molar-refractivity contribution in [3.8, 4) is 0 Å². The molecule has 1 aromatic rings. The quantitative estimate of drug-likeness (QED) is 0.888. The zero-order valence-corrected chi connectivity index (χ0v) is 10.7. The highest BCUT2D eigenvalue weighted by molar-refractivity contribution is 5.43. The fourth-order valence-electron chi connectivity index (χ4n) is 2.23. The van der Waals surface area contributed by atoms with Crippen molar-refractivity contribution in [1.29, 1.82) is 0 Å². The Morgan fingerprint density at radius 2 is 1.84 bits per heavy atom. The standard InChI is InChI=1S/C12H17F3N4/c1-16-11-18-9(12(13,14)15)7-10(19-11)17-8-5-3-2-4-6-8/h7-8H,2-6H2,1H3,(H2,16,17,18,19). The molecule has 1 aromatic heterocycles. The van der Waals surface area contributed by atoms with E-state index in [1.807, 2.05) is 0 Å². The van der Waals surface area contributed by atoms with E-state index in [4.69, 9.17) is 0 Å². The van der Waals surface area contributed by atoms with Gasteiger partial charge in [-0.15, -0.1) is 0 Å². The van der Waals surface area contributed by atoms with E-state index in [0.29, 0.717) is 0 Å². The van der Waals surface area contributed by atoms with Crippen molar-refractivity contribution in [3.63, 3.8) is 0 Å². The third-order valence-electron chi connectivity index (χ3n) is 3.20. The molecule has 0 spiro atoms. The molecule has 0 bridgehead atoms. The predicted octanol–water partition coefficient (Wildman–Crippen LogP) is 3.28. The van der Waals surface area contributed by atoms with Gasteiger partial charge in [-0.2, -0.15) is 18.2 Å². The number of nitrogens with one attached hydrogen (secondary N) is 2. The van der Waals surface area contributed by atoms with Crippen molar-refractivity contribution in [2.24, 2.45) is 0 Å². The van der Waals surface area contributed by atoms with Gasteiger partial charge in [0.25, 0.3) is 0 Å². The first-order chi connectivity index (χ1) is 8.99. The summed E-state index contributed by atoms with van der Waals surface area (Å²) in [5, 5.41) is 5.63. The van der Waals surface area contributed by atoms with Crippen molar-refractivity contribution in [2.75, 3.05) is 17.7 Å². The van der Waals surface area contributed by atoms with Crippen molar-refractivity contribution < 1.29 is 13.2 Å². The molecule has 0 aromatic carbocycles. The molecule has 1 aliphatic carbocycles. The third-order valence-corrected chi connectivity index (χ3v) is 3.20. The second-order valence-electron chi connectivity index (χ2n) is 4.69. The van der Waals surface area contributed by atoms with Gasteiger partial charge in [0, 0.05) is 19.2 Å². The Balaban J connectivity index is 2.19. The van der Waals surface area contributed by atoms with Crippen molar-refractivity contribution in [2.45, 2.75) is 44.3 Å². The molecule has 1 fully saturated rings. The maximum atomic E-state index is 12.7. The van der Waals surface area contributed by atoms with Crippen LogP contribution in [0.25, 0.3) is 0 Å². The van der Waals surface area contributed by atoms with Crippen molar-refractivity contribution in [1.82, 2.24) is 9.97 Å². The van der Waals surface area contributed by atoms with Gasteiger partial charge in [0.15, 0.2) is 5.69 Å². The molecule has 19 heavy (non-hydrogen) atoms. The summed E-state index contributed by atoms with van der Waals surface area (Å²) in [6.45, 7) is 0. The topological polar surface area (TPSA) is 49.8 Å². The Labute approximate surface area is 109 Å². The Morgan fingerprint density at radius 3 is 2.42 bits per heavy atom. The summed E-state index contributed by atoms with van der Waals surface area (Å²) in [6.07, 6.45) is 0.886. The molecule has 2 N–H and O–H groups in total. The lowest BCUT2D eigenvalue weighted by Gasteiger charge is -2.23. The summed E-state index contributed by atoms with van der Waals surface area (Å²) in [4.78, 5) is 7.46. The van der Waals surface area contributed by atoms with Crippen LogP contribution in [0.3, 0.4) is 0 Å². The SMILES string of the molecule is CNc1nc(NC2CCCCC2)cc(C(F)(F)F)n1. The van der Waals surface area contributed by atoms with E-state index in [2.05, 4.69) is 20.6 Å². The zero-order chi connectivity index (χ0) is 13.9. The molecular weight excluding hydrogens is 257 g/mol. The monoisotopic (exact) mass is 274 g/mol. The molecule has 7 heteroatoms. The van der Waals surface area contributed by atoms with E-state index in [9.17, 15) is 13.2 Å². The maximum absolute atomic E-state index is 12.7. The first-order valence-electron chi connectivity index (χ1n) is 6.39. The van der Waals surface area contributed by atoms with Gasteiger partial charge >= 0.3 is 6.18 Å². The lowest BCUT2D eigenvalue weighted by atomic mass is 9.95. The van der Waals surface area contributed by atoms with E-state index < -0.39 is 11.9 Å². The molecule has 0 amide bonds. The highest BCUT2D eigenvalue weighted by atomic mass is 19.4. The van der Waals surface area contributed by atoms with Crippen LogP contribution in [0.5, 0.6) is 0 Å². The summed E-state index contributed by atoms with van der Waals surface area (Å²) in [5.41, 5.74) is -0.926. The zero-order valence-electron chi connectivity index (χ0n) is 10.7. The Hall–Kier alpha value is -1.53. The number of nitrogens with zero attached hydrogens (tertiary/aromatic N) is 2. The molecular formula is C12H17F3N4. The van der Waals surface area contributed by atoms with Gasteiger partial charge < -0.3 is 10.6 Å². The molecule has 0 atom stereocenters. The highest BCUT2D eigenvalue weighted by Crippen LogP contribution is 2.30. The van der Waals surface area contributed by atoms with Crippen LogP contribution in [0, 0.1) is 0 Å². The average molecular weight is 274 g/mol. The smallest absolute Gasteiger partial charge is 0.367 e. The largest absolute Gasteiger partial charge is 0.433 e. The Kier molecular flexibility index (Phi) is 4.11. The van der Waals surface area contributed by atoms with Gasteiger partial charge in [-0.1, -0.05) is 19.3 Å². The fraction of sp³-hybridized carbons (Fsp3) is 0.667. The van der Waals surface area contributed by atoms with Crippen molar-refractivity contribution in [3.05, 3.63) is 11.8 Å². The van der Waals surface area contributed by atoms with Crippen LogP contribution in [0.4, 0.5) is 24.9 Å². The van der Waals surface area contributed by atoms with Gasteiger partial charge in [0.2, 0.25) is 5.95 Å². The second-order valence-corrected chi connectivity index (χ2v) is 4.69. The van der Waals surface area contributed by atoms with Gasteiger partial charge in [0.05, 0.1) is 0 Å². The number of hydrogen-bond acceptors (Lipinski definition) is 4. The van der Waals surface area contributed by atoms with Crippen LogP contribution in [0.2, 0.25) is 0 Å². The Morgan fingerprint density at radius 1 is 1.16 bits per heavy atom. The van der Waals surface area contributed by atoms with Crippen LogP contribution < -0.4 is 10.6 Å². The second kappa shape index (κ2) is 5.63. The van der Waals surface area contributed by atoms with E-state index >= 15 is 0 Å². The van der Waals surface area contributed by atoms with Crippen LogP contribution >= 0.6 is 0 Å². The van der Waals surface area contributed by atoms with Gasteiger partial charge in [-0.25, -0.2) is 4.98 Å². The van der Waals surface area contributed by atoms with Gasteiger partial charge in [-0.05, 0) is 12.8 Å². The molecule has 106 valence electrons. The van der Waals surface area contributed by atoms with Crippen LogP contribution in [0.15, 0.2) is 6.07 Å². The highest BCUT2D eigenvalue weighted by Gasteiger charge is 2.33. The lowest BCUT2D eigenvalue weighted by molar-refractivity contribution is -0.141. The maximum Gasteiger partial charge on any atom is 0.433 e. The van der Waals surface area contributed by atoms with Crippen molar-refractivity contribution >= 4 is 11.8 Å². The van der Waals surface area contributed by atoms with Crippen LogP contribution in [-0.2, 0) is 6.18 Å². The number of aromatic nitrogens is 2. The lowest BCUT2D eigenvalue weighted by Crippen LogP contribution is -2.23. The fourth-order valence-corrected chi connectivity index (χ4v) is 2.23. The van der Waals surface area contributed by atoms with E-state index in [1.54, 1.807) is 0 Å². The number of alkyl halides is 3.